The predicted octanol–water partition coefficient (Wildman–Crippen LogP) is 2.78. The molecule has 0 aliphatic heterocycles. The molecule has 2 N–H and O–H groups in total. The van der Waals surface area contributed by atoms with Crippen molar-refractivity contribution in [3.8, 4) is 5.75 Å². The van der Waals surface area contributed by atoms with Crippen LogP contribution in [-0.4, -0.2) is 34.3 Å². The van der Waals surface area contributed by atoms with Gasteiger partial charge in [-0.25, -0.2) is 0 Å². The van der Waals surface area contributed by atoms with Crippen LogP contribution in [0, 0.1) is 0 Å². The zero-order valence-electron chi connectivity index (χ0n) is 17.0. The van der Waals surface area contributed by atoms with Gasteiger partial charge in [0.05, 0.1) is 0 Å². The Labute approximate surface area is 171 Å². The average Bonchev–Trinajstić information content (AvgIpc) is 3.23. The van der Waals surface area contributed by atoms with Crippen molar-refractivity contribution in [3.63, 3.8) is 0 Å². The third kappa shape index (κ3) is 6.07. The van der Waals surface area contributed by atoms with Crippen molar-refractivity contribution >= 4 is 5.96 Å². The van der Waals surface area contributed by atoms with E-state index in [1.54, 1.807) is 13.4 Å². The van der Waals surface area contributed by atoms with E-state index in [1.807, 2.05) is 41.0 Å². The number of para-hydroxylation sites is 1. The minimum Gasteiger partial charge on any atom is -0.489 e. The van der Waals surface area contributed by atoms with E-state index in [-0.39, 0.29) is 0 Å². The van der Waals surface area contributed by atoms with Crippen molar-refractivity contribution in [1.29, 1.82) is 0 Å². The van der Waals surface area contributed by atoms with Gasteiger partial charge in [-0.3, -0.25) is 4.99 Å². The lowest BCUT2D eigenvalue weighted by molar-refractivity contribution is 0.302. The highest BCUT2D eigenvalue weighted by molar-refractivity contribution is 5.79. The molecular formula is C22H28N6O. The standard InChI is InChI=1S/C22H28N6O/c1-3-21-27-26-17-28(21)14-13-24-22(23-2)25-15-19-11-7-8-12-20(19)29-16-18-9-5-4-6-10-18/h4-12,17H,3,13-16H2,1-2H3,(H2,23,24,25). The SMILES string of the molecule is CCc1nncn1CCNC(=NC)NCc1ccccc1OCc1ccccc1. The first-order valence-corrected chi connectivity index (χ1v) is 9.86. The molecule has 3 rings (SSSR count). The number of ether oxygens (including phenoxy) is 1. The third-order valence-corrected chi connectivity index (χ3v) is 4.54. The van der Waals surface area contributed by atoms with Gasteiger partial charge in [0.15, 0.2) is 5.96 Å². The fourth-order valence-corrected chi connectivity index (χ4v) is 2.96. The Bertz CT molecular complexity index is 906. The Morgan fingerprint density at radius 1 is 1.07 bits per heavy atom. The summed E-state index contributed by atoms with van der Waals surface area (Å²) in [5.74, 6) is 2.60. The summed E-state index contributed by atoms with van der Waals surface area (Å²) in [5.41, 5.74) is 2.23. The summed E-state index contributed by atoms with van der Waals surface area (Å²) in [5, 5.41) is 14.7. The number of nitrogens with one attached hydrogen (secondary N) is 2. The Kier molecular flexibility index (Phi) is 7.63. The molecule has 0 amide bonds. The topological polar surface area (TPSA) is 76.4 Å². The Morgan fingerprint density at radius 2 is 1.86 bits per heavy atom. The van der Waals surface area contributed by atoms with Crippen LogP contribution in [0.1, 0.15) is 23.9 Å². The van der Waals surface area contributed by atoms with Gasteiger partial charge in [-0.05, 0) is 11.6 Å². The summed E-state index contributed by atoms with van der Waals surface area (Å²) in [4.78, 5) is 4.30. The smallest absolute Gasteiger partial charge is 0.191 e. The second kappa shape index (κ2) is 10.8. The predicted molar refractivity (Wildman–Crippen MR) is 115 cm³/mol. The molecular weight excluding hydrogens is 364 g/mol. The van der Waals surface area contributed by atoms with Crippen LogP contribution in [0.3, 0.4) is 0 Å². The van der Waals surface area contributed by atoms with E-state index in [9.17, 15) is 0 Å². The first-order chi connectivity index (χ1) is 14.3. The van der Waals surface area contributed by atoms with Gasteiger partial charge in [-0.2, -0.15) is 0 Å². The van der Waals surface area contributed by atoms with Crippen molar-refractivity contribution in [3.05, 3.63) is 77.9 Å². The largest absolute Gasteiger partial charge is 0.489 e. The Morgan fingerprint density at radius 3 is 2.66 bits per heavy atom. The lowest BCUT2D eigenvalue weighted by atomic mass is 10.2. The van der Waals surface area contributed by atoms with E-state index in [1.165, 1.54) is 0 Å². The van der Waals surface area contributed by atoms with E-state index in [2.05, 4.69) is 50.9 Å². The molecule has 0 radical (unpaired) electrons. The van der Waals surface area contributed by atoms with Crippen LogP contribution in [-0.2, 0) is 26.1 Å². The molecule has 0 aliphatic carbocycles. The van der Waals surface area contributed by atoms with Crippen molar-refractivity contribution in [1.82, 2.24) is 25.4 Å². The van der Waals surface area contributed by atoms with Gasteiger partial charge in [0.2, 0.25) is 0 Å². The van der Waals surface area contributed by atoms with Crippen molar-refractivity contribution in [2.75, 3.05) is 13.6 Å². The zero-order valence-corrected chi connectivity index (χ0v) is 17.0. The first-order valence-electron chi connectivity index (χ1n) is 9.86. The van der Waals surface area contributed by atoms with Crippen molar-refractivity contribution in [2.24, 2.45) is 4.99 Å². The second-order valence-corrected chi connectivity index (χ2v) is 6.53. The van der Waals surface area contributed by atoms with Gasteiger partial charge in [0.25, 0.3) is 0 Å². The second-order valence-electron chi connectivity index (χ2n) is 6.53. The maximum Gasteiger partial charge on any atom is 0.191 e. The summed E-state index contributed by atoms with van der Waals surface area (Å²) in [7, 11) is 1.77. The maximum atomic E-state index is 6.03. The van der Waals surface area contributed by atoms with E-state index in [0.717, 1.165) is 48.2 Å². The Balaban J connectivity index is 1.50. The molecule has 0 unspecified atom stereocenters. The normalized spacial score (nSPS) is 11.3. The Hall–Kier alpha value is -3.35. The number of rotatable bonds is 9. The number of hydrogen-bond donors (Lipinski definition) is 2. The van der Waals surface area contributed by atoms with E-state index in [0.29, 0.717) is 13.2 Å². The summed E-state index contributed by atoms with van der Waals surface area (Å²) in [6, 6.07) is 18.2. The quantitative estimate of drug-likeness (QED) is 0.433. The molecule has 7 nitrogen and oxygen atoms in total. The van der Waals surface area contributed by atoms with Gasteiger partial charge >= 0.3 is 0 Å². The highest BCUT2D eigenvalue weighted by Gasteiger charge is 2.06. The van der Waals surface area contributed by atoms with Gasteiger partial charge < -0.3 is 19.9 Å². The van der Waals surface area contributed by atoms with Crippen molar-refractivity contribution in [2.45, 2.75) is 33.0 Å². The van der Waals surface area contributed by atoms with E-state index < -0.39 is 0 Å². The van der Waals surface area contributed by atoms with Crippen LogP contribution in [0.5, 0.6) is 5.75 Å². The van der Waals surface area contributed by atoms with Gasteiger partial charge in [-0.1, -0.05) is 55.5 Å². The molecule has 0 fully saturated rings. The fourth-order valence-electron chi connectivity index (χ4n) is 2.96. The molecule has 1 heterocycles. The van der Waals surface area contributed by atoms with Crippen LogP contribution in [0.15, 0.2) is 65.9 Å². The molecule has 0 aliphatic rings. The molecule has 0 spiro atoms. The van der Waals surface area contributed by atoms with Crippen LogP contribution in [0.25, 0.3) is 0 Å². The number of nitrogens with zero attached hydrogens (tertiary/aromatic N) is 4. The molecule has 29 heavy (non-hydrogen) atoms. The highest BCUT2D eigenvalue weighted by atomic mass is 16.5. The molecule has 3 aromatic rings. The molecule has 2 aromatic carbocycles. The molecule has 0 bridgehead atoms. The van der Waals surface area contributed by atoms with Crippen LogP contribution in [0.4, 0.5) is 0 Å². The number of aryl methyl sites for hydroxylation is 1. The number of hydrogen-bond acceptors (Lipinski definition) is 4. The maximum absolute atomic E-state index is 6.03. The zero-order chi connectivity index (χ0) is 20.3. The first kappa shape index (κ1) is 20.4. The van der Waals surface area contributed by atoms with Crippen LogP contribution < -0.4 is 15.4 Å². The van der Waals surface area contributed by atoms with Gasteiger partial charge in [0, 0.05) is 38.7 Å². The molecule has 152 valence electrons. The summed E-state index contributed by atoms with van der Waals surface area (Å²) in [6.07, 6.45) is 2.63. The molecule has 1 aromatic heterocycles. The van der Waals surface area contributed by atoms with Crippen LogP contribution in [0.2, 0.25) is 0 Å². The lowest BCUT2D eigenvalue weighted by Crippen LogP contribution is -2.38. The number of aliphatic imine (C=N–C) groups is 1. The average molecular weight is 393 g/mol. The monoisotopic (exact) mass is 392 g/mol. The highest BCUT2D eigenvalue weighted by Crippen LogP contribution is 2.19. The summed E-state index contributed by atoms with van der Waals surface area (Å²) in [6.45, 7) is 4.76. The molecule has 0 atom stereocenters. The minimum absolute atomic E-state index is 0.545. The third-order valence-electron chi connectivity index (χ3n) is 4.54. The number of benzene rings is 2. The summed E-state index contributed by atoms with van der Waals surface area (Å²) < 4.78 is 8.08. The molecule has 7 heteroatoms. The van der Waals surface area contributed by atoms with Crippen LogP contribution >= 0.6 is 0 Å². The number of aromatic nitrogens is 3. The van der Waals surface area contributed by atoms with E-state index in [4.69, 9.17) is 4.74 Å². The fraction of sp³-hybridized carbons (Fsp3) is 0.318. The van der Waals surface area contributed by atoms with Gasteiger partial charge in [-0.15, -0.1) is 10.2 Å². The molecule has 0 saturated carbocycles. The summed E-state index contributed by atoms with van der Waals surface area (Å²) >= 11 is 0. The van der Waals surface area contributed by atoms with E-state index >= 15 is 0 Å². The minimum atomic E-state index is 0.545. The lowest BCUT2D eigenvalue weighted by Gasteiger charge is -2.15. The number of guanidine groups is 1. The molecule has 0 saturated heterocycles. The van der Waals surface area contributed by atoms with Crippen molar-refractivity contribution < 1.29 is 4.74 Å². The van der Waals surface area contributed by atoms with Gasteiger partial charge in [0.1, 0.15) is 24.5 Å².